The largest absolute Gasteiger partial charge is 0.363 e. The lowest BCUT2D eigenvalue weighted by atomic mass is 10.2. The van der Waals surface area contributed by atoms with Crippen molar-refractivity contribution in [1.82, 2.24) is 0 Å². The Bertz CT molecular complexity index is 258. The molecular weight excluding hydrogens is 204 g/mol. The van der Waals surface area contributed by atoms with E-state index in [1.807, 2.05) is 17.8 Å². The molecule has 1 nitrogen and oxygen atoms in total. The molecule has 2 heteroatoms. The zero-order valence-electron chi connectivity index (χ0n) is 9.77. The van der Waals surface area contributed by atoms with Crippen LogP contribution in [-0.2, 0) is 11.3 Å². The van der Waals surface area contributed by atoms with Crippen molar-refractivity contribution in [3.05, 3.63) is 35.9 Å². The fourth-order valence-corrected chi connectivity index (χ4v) is 2.23. The third-order valence-electron chi connectivity index (χ3n) is 2.13. The summed E-state index contributed by atoms with van der Waals surface area (Å²) in [5, 5.41) is 0. The Labute approximate surface area is 97.2 Å². The van der Waals surface area contributed by atoms with Gasteiger partial charge in [0, 0.05) is 0 Å². The van der Waals surface area contributed by atoms with Gasteiger partial charge in [0.2, 0.25) is 0 Å². The summed E-state index contributed by atoms with van der Waals surface area (Å²) < 4.78 is 5.89. The van der Waals surface area contributed by atoms with Gasteiger partial charge in [0.15, 0.2) is 0 Å². The molecule has 1 atom stereocenters. The minimum Gasteiger partial charge on any atom is -0.363 e. The van der Waals surface area contributed by atoms with Gasteiger partial charge < -0.3 is 4.74 Å². The van der Waals surface area contributed by atoms with Crippen LogP contribution in [0.2, 0.25) is 0 Å². The Morgan fingerprint density at radius 2 is 1.87 bits per heavy atom. The molecule has 0 aromatic heterocycles. The van der Waals surface area contributed by atoms with E-state index in [-0.39, 0.29) is 0 Å². The molecule has 0 fully saturated rings. The van der Waals surface area contributed by atoms with E-state index in [1.54, 1.807) is 0 Å². The summed E-state index contributed by atoms with van der Waals surface area (Å²) in [4.78, 5) is 0. The Kier molecular flexibility index (Phi) is 5.81. The van der Waals surface area contributed by atoms with Crippen LogP contribution in [0, 0.1) is 5.92 Å². The third-order valence-corrected chi connectivity index (χ3v) is 3.47. The Balaban J connectivity index is 2.40. The molecule has 0 saturated carbocycles. The van der Waals surface area contributed by atoms with E-state index in [2.05, 4.69) is 45.0 Å². The average Bonchev–Trinajstić information content (AvgIpc) is 2.25. The van der Waals surface area contributed by atoms with Crippen LogP contribution in [0.15, 0.2) is 30.3 Å². The predicted octanol–water partition coefficient (Wildman–Crippen LogP) is 3.94. The highest BCUT2D eigenvalue weighted by atomic mass is 32.2. The maximum Gasteiger partial charge on any atom is 0.105 e. The highest BCUT2D eigenvalue weighted by molar-refractivity contribution is 7.99. The molecule has 1 rings (SSSR count). The molecule has 15 heavy (non-hydrogen) atoms. The van der Waals surface area contributed by atoms with Gasteiger partial charge in [-0.05, 0) is 17.2 Å². The molecule has 0 aliphatic rings. The van der Waals surface area contributed by atoms with Crippen molar-refractivity contribution >= 4 is 11.8 Å². The fraction of sp³-hybridized carbons (Fsp3) is 0.538. The van der Waals surface area contributed by atoms with Crippen molar-refractivity contribution in [3.8, 4) is 0 Å². The molecule has 0 aliphatic heterocycles. The van der Waals surface area contributed by atoms with E-state index >= 15 is 0 Å². The molecule has 0 amide bonds. The summed E-state index contributed by atoms with van der Waals surface area (Å²) in [5.74, 6) is 1.68. The van der Waals surface area contributed by atoms with Crippen LogP contribution in [0.4, 0.5) is 0 Å². The molecular formula is C13H20OS. The van der Waals surface area contributed by atoms with Gasteiger partial charge in [-0.1, -0.05) is 51.1 Å². The number of benzene rings is 1. The Hall–Kier alpha value is -0.470. The minimum absolute atomic E-state index is 0.315. The number of rotatable bonds is 6. The van der Waals surface area contributed by atoms with Gasteiger partial charge in [0.05, 0.1) is 6.61 Å². The molecule has 0 aliphatic carbocycles. The second kappa shape index (κ2) is 6.91. The van der Waals surface area contributed by atoms with Crippen LogP contribution in [0.3, 0.4) is 0 Å². The first-order valence-corrected chi connectivity index (χ1v) is 6.56. The number of hydrogen-bond donors (Lipinski definition) is 0. The van der Waals surface area contributed by atoms with Crippen molar-refractivity contribution in [2.24, 2.45) is 5.92 Å². The van der Waals surface area contributed by atoms with Crippen LogP contribution < -0.4 is 0 Å². The van der Waals surface area contributed by atoms with Gasteiger partial charge in [0.1, 0.15) is 5.44 Å². The molecule has 0 heterocycles. The zero-order valence-corrected chi connectivity index (χ0v) is 10.6. The minimum atomic E-state index is 0.315. The summed E-state index contributed by atoms with van der Waals surface area (Å²) in [5.41, 5.74) is 1.56. The molecule has 1 aromatic carbocycles. The summed E-state index contributed by atoms with van der Waals surface area (Å²) >= 11 is 1.88. The molecule has 0 N–H and O–H groups in total. The van der Waals surface area contributed by atoms with E-state index < -0.39 is 0 Å². The first-order valence-electron chi connectivity index (χ1n) is 5.51. The topological polar surface area (TPSA) is 9.23 Å². The van der Waals surface area contributed by atoms with E-state index in [9.17, 15) is 0 Å². The molecule has 0 spiro atoms. The van der Waals surface area contributed by atoms with Gasteiger partial charge >= 0.3 is 0 Å². The second-order valence-electron chi connectivity index (χ2n) is 3.86. The number of hydrogen-bond acceptors (Lipinski definition) is 2. The van der Waals surface area contributed by atoms with Crippen molar-refractivity contribution in [2.75, 3.05) is 5.75 Å². The van der Waals surface area contributed by atoms with Crippen molar-refractivity contribution in [2.45, 2.75) is 32.8 Å². The molecule has 1 unspecified atom stereocenters. The van der Waals surface area contributed by atoms with Crippen molar-refractivity contribution in [3.63, 3.8) is 0 Å². The van der Waals surface area contributed by atoms with E-state index in [1.165, 1.54) is 5.56 Å². The predicted molar refractivity (Wildman–Crippen MR) is 68.0 cm³/mol. The fourth-order valence-electron chi connectivity index (χ4n) is 1.35. The average molecular weight is 224 g/mol. The second-order valence-corrected chi connectivity index (χ2v) is 5.24. The quantitative estimate of drug-likeness (QED) is 0.677. The van der Waals surface area contributed by atoms with Gasteiger partial charge in [-0.2, -0.15) is 0 Å². The maximum absolute atomic E-state index is 5.89. The summed E-state index contributed by atoms with van der Waals surface area (Å²) in [6, 6.07) is 10.3. The Morgan fingerprint density at radius 3 is 2.40 bits per heavy atom. The van der Waals surface area contributed by atoms with Crippen LogP contribution in [0.5, 0.6) is 0 Å². The Morgan fingerprint density at radius 1 is 1.20 bits per heavy atom. The van der Waals surface area contributed by atoms with Crippen LogP contribution >= 0.6 is 11.8 Å². The van der Waals surface area contributed by atoms with Gasteiger partial charge in [-0.3, -0.25) is 0 Å². The lowest BCUT2D eigenvalue weighted by Gasteiger charge is -2.20. The zero-order chi connectivity index (χ0) is 11.1. The smallest absolute Gasteiger partial charge is 0.105 e. The molecule has 0 radical (unpaired) electrons. The molecule has 0 saturated heterocycles. The van der Waals surface area contributed by atoms with Crippen LogP contribution in [0.25, 0.3) is 0 Å². The SMILES string of the molecule is CCSC(OCc1ccccc1)C(C)C. The van der Waals surface area contributed by atoms with Gasteiger partial charge in [0.25, 0.3) is 0 Å². The van der Waals surface area contributed by atoms with Crippen molar-refractivity contribution < 1.29 is 4.74 Å². The normalized spacial score (nSPS) is 13.1. The number of ether oxygens (including phenoxy) is 1. The molecule has 1 aromatic rings. The lowest BCUT2D eigenvalue weighted by Crippen LogP contribution is -2.16. The first kappa shape index (κ1) is 12.6. The molecule has 0 bridgehead atoms. The van der Waals surface area contributed by atoms with Crippen LogP contribution in [0.1, 0.15) is 26.3 Å². The third kappa shape index (κ3) is 4.72. The standard InChI is InChI=1S/C13H20OS/c1-4-15-13(11(2)3)14-10-12-8-6-5-7-9-12/h5-9,11,13H,4,10H2,1-3H3. The highest BCUT2D eigenvalue weighted by Crippen LogP contribution is 2.21. The summed E-state index contributed by atoms with van der Waals surface area (Å²) in [6.07, 6.45) is 0. The lowest BCUT2D eigenvalue weighted by molar-refractivity contribution is 0.0712. The highest BCUT2D eigenvalue weighted by Gasteiger charge is 2.12. The maximum atomic E-state index is 5.89. The molecule has 84 valence electrons. The number of thioether (sulfide) groups is 1. The van der Waals surface area contributed by atoms with E-state index in [0.717, 1.165) is 12.4 Å². The van der Waals surface area contributed by atoms with Gasteiger partial charge in [-0.15, -0.1) is 11.8 Å². The first-order chi connectivity index (χ1) is 7.24. The van der Waals surface area contributed by atoms with Gasteiger partial charge in [-0.25, -0.2) is 0 Å². The van der Waals surface area contributed by atoms with E-state index in [0.29, 0.717) is 11.4 Å². The van der Waals surface area contributed by atoms with Crippen LogP contribution in [-0.4, -0.2) is 11.2 Å². The van der Waals surface area contributed by atoms with Crippen molar-refractivity contribution in [1.29, 1.82) is 0 Å². The summed E-state index contributed by atoms with van der Waals surface area (Å²) in [7, 11) is 0. The monoisotopic (exact) mass is 224 g/mol. The summed E-state index contributed by atoms with van der Waals surface area (Å²) in [6.45, 7) is 7.30. The van der Waals surface area contributed by atoms with E-state index in [4.69, 9.17) is 4.74 Å².